The number of aliphatic hydroxyl groups is 3. The van der Waals surface area contributed by atoms with Crippen LogP contribution in [-0.2, 0) is 9.53 Å². The Balaban J connectivity index is 0.000000611. The molecule has 1 atom stereocenters. The highest BCUT2D eigenvalue weighted by atomic mass is 127. The van der Waals surface area contributed by atoms with E-state index < -0.39 is 11.5 Å². The first-order valence-corrected chi connectivity index (χ1v) is 10.6. The molecule has 8 nitrogen and oxygen atoms in total. The largest absolute Gasteiger partial charge is 0.395 e. The van der Waals surface area contributed by atoms with Crippen molar-refractivity contribution in [1.82, 2.24) is 0 Å². The molecular weight excluding hydrogens is 549 g/mol. The van der Waals surface area contributed by atoms with Gasteiger partial charge in [0.25, 0.3) is 5.91 Å². The second-order valence-corrected chi connectivity index (χ2v) is 7.87. The monoisotopic (exact) mass is 577 g/mol. The van der Waals surface area contributed by atoms with Crippen molar-refractivity contribution in [2.75, 3.05) is 50.2 Å². The fourth-order valence-electron chi connectivity index (χ4n) is 2.54. The summed E-state index contributed by atoms with van der Waals surface area (Å²) in [6.45, 7) is 9.55. The maximum atomic E-state index is 11.8. The van der Waals surface area contributed by atoms with Crippen LogP contribution in [0.3, 0.4) is 0 Å². The van der Waals surface area contributed by atoms with Crippen LogP contribution in [0.15, 0.2) is 48.5 Å². The van der Waals surface area contributed by atoms with E-state index in [9.17, 15) is 9.90 Å². The average Bonchev–Trinajstić information content (AvgIpc) is 2.75. The Bertz CT molecular complexity index is 856. The van der Waals surface area contributed by atoms with E-state index in [4.69, 9.17) is 21.5 Å². The normalized spacial score (nSPS) is 11.7. The Labute approximate surface area is 208 Å². The van der Waals surface area contributed by atoms with Crippen LogP contribution < -0.4 is 10.2 Å². The van der Waals surface area contributed by atoms with Gasteiger partial charge in [-0.25, -0.2) is 4.85 Å². The minimum absolute atomic E-state index is 0. The second kappa shape index (κ2) is 15.8. The lowest BCUT2D eigenvalue weighted by atomic mass is 10.1. The van der Waals surface area contributed by atoms with Gasteiger partial charge in [-0.05, 0) is 31.2 Å². The molecule has 0 heterocycles. The number of carbonyl (C=O) groups is 1. The van der Waals surface area contributed by atoms with E-state index >= 15 is 0 Å². The Hall–Kier alpha value is -1.94. The van der Waals surface area contributed by atoms with Gasteiger partial charge in [-0.2, -0.15) is 0 Å². The number of amides is 1. The number of carbonyl (C=O) groups excluding carboxylic acids is 1. The third kappa shape index (κ3) is 10.1. The second-order valence-electron chi connectivity index (χ2n) is 6.71. The van der Waals surface area contributed by atoms with E-state index in [2.05, 4.69) is 10.2 Å². The molecule has 4 N–H and O–H groups in total. The molecule has 10 heteroatoms. The summed E-state index contributed by atoms with van der Waals surface area (Å²) in [5.74, 6) is -0.546. The van der Waals surface area contributed by atoms with Gasteiger partial charge in [0, 0.05) is 35.1 Å². The van der Waals surface area contributed by atoms with Gasteiger partial charge in [-0.3, -0.25) is 4.79 Å². The summed E-state index contributed by atoms with van der Waals surface area (Å²) < 4.78 is 5.52. The van der Waals surface area contributed by atoms with Gasteiger partial charge in [-0.1, -0.05) is 46.9 Å². The number of rotatable bonds is 9. The summed E-state index contributed by atoms with van der Waals surface area (Å²) in [7, 11) is 1.41. The Morgan fingerprint density at radius 2 is 1.78 bits per heavy atom. The van der Waals surface area contributed by atoms with E-state index in [0.717, 1.165) is 9.26 Å². The van der Waals surface area contributed by atoms with E-state index in [1.807, 2.05) is 57.8 Å². The highest BCUT2D eigenvalue weighted by molar-refractivity contribution is 14.1. The molecule has 0 saturated heterocycles. The van der Waals surface area contributed by atoms with Gasteiger partial charge >= 0.3 is 0 Å². The molecule has 0 aromatic heterocycles. The van der Waals surface area contributed by atoms with Gasteiger partial charge in [0.05, 0.1) is 26.4 Å². The lowest BCUT2D eigenvalue weighted by Gasteiger charge is -2.22. The number of aliphatic hydroxyl groups excluding tert-OH is 2. The fraction of sp³-hybridized carbons (Fsp3) is 0.364. The average molecular weight is 578 g/mol. The number of nitrogens with zero attached hydrogens (tertiary/aromatic N) is 2. The zero-order valence-electron chi connectivity index (χ0n) is 18.0. The number of methoxy groups -OCH3 is 1. The minimum atomic E-state index is -1.58. The number of nitrogens with one attached hydrogen (secondary N) is 1. The molecule has 0 saturated carbocycles. The molecule has 0 bridgehead atoms. The third-order valence-corrected chi connectivity index (χ3v) is 4.97. The fourth-order valence-corrected chi connectivity index (χ4v) is 3.17. The number of hydrogen-bond acceptors (Lipinski definition) is 6. The molecule has 0 fully saturated rings. The first-order valence-electron chi connectivity index (χ1n) is 9.50. The molecule has 0 aliphatic heterocycles. The molecule has 0 radical (unpaired) electrons. The Morgan fingerprint density at radius 3 is 2.25 bits per heavy atom. The van der Waals surface area contributed by atoms with Crippen LogP contribution >= 0.6 is 35.0 Å². The highest BCUT2D eigenvalue weighted by Gasteiger charge is 2.30. The number of halogens is 2. The third-order valence-electron chi connectivity index (χ3n) is 4.10. The summed E-state index contributed by atoms with van der Waals surface area (Å²) >= 11 is 2.02. The van der Waals surface area contributed by atoms with Gasteiger partial charge in [-0.15, -0.1) is 12.4 Å². The molecule has 0 spiro atoms. The predicted molar refractivity (Wildman–Crippen MR) is 137 cm³/mol. The number of hydrogen-bond donors (Lipinski definition) is 4. The topological polar surface area (TPSA) is 107 Å². The standard InChI is InChI=1S/C12H13IN2O3.C10H15NO2.ClH/c1-12(17,7-18-3)11(16)15-8-4-5-10(14-2)9(13)6-8;12-8-6-11(7-9-13)10-4-2-1-3-5-10;/h4-6,17H,7H2,1,3H3,(H,15,16);1-5,12-13H,6-9H2;1H/t12-;;/m0../s1. The van der Waals surface area contributed by atoms with Crippen LogP contribution in [0.5, 0.6) is 0 Å². The van der Waals surface area contributed by atoms with Crippen LogP contribution in [0.2, 0.25) is 0 Å². The van der Waals surface area contributed by atoms with E-state index in [0.29, 0.717) is 24.5 Å². The van der Waals surface area contributed by atoms with Crippen LogP contribution in [0.1, 0.15) is 6.92 Å². The van der Waals surface area contributed by atoms with Gasteiger partial charge in [0.15, 0.2) is 11.3 Å². The lowest BCUT2D eigenvalue weighted by molar-refractivity contribution is -0.137. The molecule has 176 valence electrons. The van der Waals surface area contributed by atoms with Crippen LogP contribution in [-0.4, -0.2) is 66.8 Å². The van der Waals surface area contributed by atoms with Crippen molar-refractivity contribution >= 4 is 58.0 Å². The quantitative estimate of drug-likeness (QED) is 0.270. The number of ether oxygens (including phenoxy) is 1. The smallest absolute Gasteiger partial charge is 0.258 e. The van der Waals surface area contributed by atoms with Crippen molar-refractivity contribution in [3.05, 3.63) is 63.5 Å². The molecule has 0 aliphatic carbocycles. The SMILES string of the molecule is Cl.OCCN(CCO)c1ccccc1.[C-]#[N+]c1ccc(NC(=O)[C@@](C)(O)COC)cc1I. The van der Waals surface area contributed by atoms with Crippen LogP contribution in [0.25, 0.3) is 4.85 Å². The van der Waals surface area contributed by atoms with E-state index in [-0.39, 0.29) is 32.2 Å². The minimum Gasteiger partial charge on any atom is -0.395 e. The summed E-state index contributed by atoms with van der Waals surface area (Å²) in [5, 5.41) is 30.0. The molecule has 0 unspecified atom stereocenters. The molecule has 2 aromatic rings. The van der Waals surface area contributed by atoms with E-state index in [1.54, 1.807) is 18.2 Å². The highest BCUT2D eigenvalue weighted by Crippen LogP contribution is 2.25. The Kier molecular flexibility index (Phi) is 14.8. The number of para-hydroxylation sites is 1. The van der Waals surface area contributed by atoms with Crippen molar-refractivity contribution in [3.63, 3.8) is 0 Å². The molecule has 1 amide bonds. The predicted octanol–water partition coefficient (Wildman–Crippen LogP) is 3.08. The lowest BCUT2D eigenvalue weighted by Crippen LogP contribution is -2.43. The van der Waals surface area contributed by atoms with Crippen molar-refractivity contribution < 1.29 is 24.9 Å². The number of benzene rings is 2. The Morgan fingerprint density at radius 1 is 1.19 bits per heavy atom. The first-order chi connectivity index (χ1) is 14.8. The summed E-state index contributed by atoms with van der Waals surface area (Å²) in [6, 6.07) is 14.7. The summed E-state index contributed by atoms with van der Waals surface area (Å²) in [5.41, 5.74) is 0.509. The molecular formula is C22H29ClIN3O5. The van der Waals surface area contributed by atoms with E-state index in [1.165, 1.54) is 14.0 Å². The van der Waals surface area contributed by atoms with Gasteiger partial charge in [0.1, 0.15) is 0 Å². The molecule has 2 rings (SSSR count). The number of anilines is 2. The first kappa shape index (κ1) is 30.1. The summed E-state index contributed by atoms with van der Waals surface area (Å²) in [4.78, 5) is 17.1. The zero-order chi connectivity index (χ0) is 23.3. The maximum Gasteiger partial charge on any atom is 0.258 e. The summed E-state index contributed by atoms with van der Waals surface area (Å²) in [6.07, 6.45) is 0. The van der Waals surface area contributed by atoms with Crippen LogP contribution in [0.4, 0.5) is 17.1 Å². The molecule has 2 aromatic carbocycles. The van der Waals surface area contributed by atoms with Crippen molar-refractivity contribution in [2.24, 2.45) is 0 Å². The van der Waals surface area contributed by atoms with Crippen molar-refractivity contribution in [1.29, 1.82) is 0 Å². The van der Waals surface area contributed by atoms with Crippen molar-refractivity contribution in [3.8, 4) is 0 Å². The molecule has 0 aliphatic rings. The van der Waals surface area contributed by atoms with Crippen molar-refractivity contribution in [2.45, 2.75) is 12.5 Å². The van der Waals surface area contributed by atoms with Gasteiger partial charge < -0.3 is 30.3 Å². The molecule has 32 heavy (non-hydrogen) atoms. The van der Waals surface area contributed by atoms with Crippen LogP contribution in [0, 0.1) is 10.1 Å². The maximum absolute atomic E-state index is 11.8. The van der Waals surface area contributed by atoms with Gasteiger partial charge in [0.2, 0.25) is 0 Å². The zero-order valence-corrected chi connectivity index (χ0v) is 21.0.